The van der Waals surface area contributed by atoms with Crippen LogP contribution in [0.4, 0.5) is 0 Å². The van der Waals surface area contributed by atoms with Gasteiger partial charge in [0.25, 0.3) is 5.91 Å². The van der Waals surface area contributed by atoms with E-state index in [1.807, 2.05) is 6.07 Å². The standard InChI is InChI=1S/C13H16BrNO4/c1-8(11(16)15-13(2,3)12(17)18)19-10-6-4-5-9(14)7-10/h4-8H,1-3H3,(H,15,16)(H,17,18). The summed E-state index contributed by atoms with van der Waals surface area (Å²) in [6, 6.07) is 7.07. The normalized spacial score (nSPS) is 12.6. The second-order valence-corrected chi connectivity index (χ2v) is 5.55. The summed E-state index contributed by atoms with van der Waals surface area (Å²) in [5.41, 5.74) is -1.33. The van der Waals surface area contributed by atoms with Gasteiger partial charge in [-0.05, 0) is 39.0 Å². The highest BCUT2D eigenvalue weighted by molar-refractivity contribution is 9.10. The molecule has 0 saturated carbocycles. The van der Waals surface area contributed by atoms with Crippen LogP contribution in [0.25, 0.3) is 0 Å². The number of rotatable bonds is 5. The number of amides is 1. The van der Waals surface area contributed by atoms with Crippen molar-refractivity contribution in [2.24, 2.45) is 0 Å². The number of hydrogen-bond acceptors (Lipinski definition) is 3. The third-order valence-electron chi connectivity index (χ3n) is 2.45. The summed E-state index contributed by atoms with van der Waals surface area (Å²) < 4.78 is 6.28. The summed E-state index contributed by atoms with van der Waals surface area (Å²) in [6.45, 7) is 4.40. The Kier molecular flexibility index (Phi) is 4.94. The number of carboxylic acids is 1. The number of benzene rings is 1. The number of carbonyl (C=O) groups excluding carboxylic acids is 1. The van der Waals surface area contributed by atoms with E-state index in [9.17, 15) is 9.59 Å². The molecule has 0 bridgehead atoms. The van der Waals surface area contributed by atoms with Crippen LogP contribution in [0, 0.1) is 0 Å². The first-order valence-electron chi connectivity index (χ1n) is 5.70. The molecule has 104 valence electrons. The average Bonchev–Trinajstić information content (AvgIpc) is 2.28. The second-order valence-electron chi connectivity index (χ2n) is 4.64. The molecule has 0 radical (unpaired) electrons. The zero-order valence-electron chi connectivity index (χ0n) is 10.9. The van der Waals surface area contributed by atoms with Crippen molar-refractivity contribution in [1.82, 2.24) is 5.32 Å². The average molecular weight is 330 g/mol. The first kappa shape index (κ1) is 15.5. The summed E-state index contributed by atoms with van der Waals surface area (Å²) in [7, 11) is 0. The Hall–Kier alpha value is -1.56. The summed E-state index contributed by atoms with van der Waals surface area (Å²) in [5.74, 6) is -1.05. The van der Waals surface area contributed by atoms with Gasteiger partial charge in [0.15, 0.2) is 6.10 Å². The topological polar surface area (TPSA) is 75.6 Å². The Labute approximate surface area is 120 Å². The van der Waals surface area contributed by atoms with Crippen LogP contribution in [-0.2, 0) is 9.59 Å². The highest BCUT2D eigenvalue weighted by Gasteiger charge is 2.31. The lowest BCUT2D eigenvalue weighted by atomic mass is 10.1. The molecule has 0 aromatic heterocycles. The van der Waals surface area contributed by atoms with Crippen molar-refractivity contribution in [2.45, 2.75) is 32.4 Å². The van der Waals surface area contributed by atoms with Gasteiger partial charge in [-0.3, -0.25) is 4.79 Å². The molecule has 6 heteroatoms. The Morgan fingerprint density at radius 1 is 1.42 bits per heavy atom. The van der Waals surface area contributed by atoms with Crippen LogP contribution in [0.3, 0.4) is 0 Å². The lowest BCUT2D eigenvalue weighted by Crippen LogP contribution is -2.53. The van der Waals surface area contributed by atoms with Gasteiger partial charge in [0.05, 0.1) is 0 Å². The zero-order chi connectivity index (χ0) is 14.6. The fraction of sp³-hybridized carbons (Fsp3) is 0.385. The molecule has 1 rings (SSSR count). The highest BCUT2D eigenvalue weighted by atomic mass is 79.9. The minimum absolute atomic E-state index is 0.479. The van der Waals surface area contributed by atoms with Crippen molar-refractivity contribution >= 4 is 27.8 Å². The summed E-state index contributed by atoms with van der Waals surface area (Å²) in [4.78, 5) is 22.8. The molecule has 5 nitrogen and oxygen atoms in total. The van der Waals surface area contributed by atoms with Gasteiger partial charge in [-0.15, -0.1) is 0 Å². The van der Waals surface area contributed by atoms with Gasteiger partial charge in [-0.2, -0.15) is 0 Å². The quantitative estimate of drug-likeness (QED) is 0.868. The third kappa shape index (κ3) is 4.55. The van der Waals surface area contributed by atoms with Crippen LogP contribution in [0.2, 0.25) is 0 Å². The van der Waals surface area contributed by atoms with Crippen molar-refractivity contribution in [2.75, 3.05) is 0 Å². The fourth-order valence-corrected chi connectivity index (χ4v) is 1.64. The van der Waals surface area contributed by atoms with Gasteiger partial charge in [0.1, 0.15) is 11.3 Å². The monoisotopic (exact) mass is 329 g/mol. The molecule has 0 aliphatic heterocycles. The minimum Gasteiger partial charge on any atom is -0.481 e. The summed E-state index contributed by atoms with van der Waals surface area (Å²) >= 11 is 3.30. The van der Waals surface area contributed by atoms with E-state index in [4.69, 9.17) is 9.84 Å². The van der Waals surface area contributed by atoms with Crippen LogP contribution in [0.5, 0.6) is 5.75 Å². The molecule has 0 heterocycles. The highest BCUT2D eigenvalue weighted by Crippen LogP contribution is 2.19. The number of hydrogen-bond donors (Lipinski definition) is 2. The fourth-order valence-electron chi connectivity index (χ4n) is 1.26. The molecule has 19 heavy (non-hydrogen) atoms. The molecule has 1 aromatic carbocycles. The largest absolute Gasteiger partial charge is 0.481 e. The Balaban J connectivity index is 2.66. The number of carbonyl (C=O) groups is 2. The summed E-state index contributed by atoms with van der Waals surface area (Å²) in [5, 5.41) is 11.4. The molecule has 0 spiro atoms. The van der Waals surface area contributed by atoms with Crippen LogP contribution in [0.15, 0.2) is 28.7 Å². The SMILES string of the molecule is CC(Oc1cccc(Br)c1)C(=O)NC(C)(C)C(=O)O. The molecule has 2 N–H and O–H groups in total. The van der Waals surface area contributed by atoms with E-state index in [1.165, 1.54) is 13.8 Å². The molecule has 1 unspecified atom stereocenters. The van der Waals surface area contributed by atoms with E-state index in [-0.39, 0.29) is 0 Å². The molecular weight excluding hydrogens is 314 g/mol. The maximum Gasteiger partial charge on any atom is 0.328 e. The van der Waals surface area contributed by atoms with Gasteiger partial charge >= 0.3 is 5.97 Å². The number of aliphatic carboxylic acids is 1. The van der Waals surface area contributed by atoms with Crippen LogP contribution >= 0.6 is 15.9 Å². The first-order valence-corrected chi connectivity index (χ1v) is 6.49. The lowest BCUT2D eigenvalue weighted by Gasteiger charge is -2.23. The Bertz CT molecular complexity index is 487. The number of ether oxygens (including phenoxy) is 1. The van der Waals surface area contributed by atoms with Crippen molar-refractivity contribution in [1.29, 1.82) is 0 Å². The third-order valence-corrected chi connectivity index (χ3v) is 2.94. The van der Waals surface area contributed by atoms with E-state index in [1.54, 1.807) is 25.1 Å². The smallest absolute Gasteiger partial charge is 0.328 e. The molecule has 0 fully saturated rings. The maximum atomic E-state index is 11.8. The number of carboxylic acid groups (broad SMARTS) is 1. The number of nitrogens with one attached hydrogen (secondary N) is 1. The number of halogens is 1. The van der Waals surface area contributed by atoms with Crippen molar-refractivity contribution in [3.63, 3.8) is 0 Å². The van der Waals surface area contributed by atoms with Gasteiger partial charge in [0, 0.05) is 4.47 Å². The minimum atomic E-state index is -1.33. The van der Waals surface area contributed by atoms with E-state index >= 15 is 0 Å². The first-order chi connectivity index (χ1) is 8.72. The van der Waals surface area contributed by atoms with Gasteiger partial charge in [0.2, 0.25) is 0 Å². The predicted molar refractivity (Wildman–Crippen MR) is 74.1 cm³/mol. The van der Waals surface area contributed by atoms with Gasteiger partial charge < -0.3 is 15.2 Å². The van der Waals surface area contributed by atoms with E-state index in [0.29, 0.717) is 5.75 Å². The molecule has 0 aliphatic rings. The zero-order valence-corrected chi connectivity index (χ0v) is 12.5. The lowest BCUT2D eigenvalue weighted by molar-refractivity contribution is -0.147. The molecule has 1 aromatic rings. The van der Waals surface area contributed by atoms with Crippen LogP contribution in [-0.4, -0.2) is 28.6 Å². The second kappa shape index (κ2) is 6.06. The molecule has 1 amide bonds. The van der Waals surface area contributed by atoms with Crippen LogP contribution in [0.1, 0.15) is 20.8 Å². The van der Waals surface area contributed by atoms with E-state index < -0.39 is 23.5 Å². The van der Waals surface area contributed by atoms with Crippen LogP contribution < -0.4 is 10.1 Å². The maximum absolute atomic E-state index is 11.8. The van der Waals surface area contributed by atoms with Crippen molar-refractivity contribution in [3.8, 4) is 5.75 Å². The van der Waals surface area contributed by atoms with E-state index in [0.717, 1.165) is 4.47 Å². The molecular formula is C13H16BrNO4. The van der Waals surface area contributed by atoms with E-state index in [2.05, 4.69) is 21.2 Å². The molecule has 0 saturated heterocycles. The van der Waals surface area contributed by atoms with Crippen molar-refractivity contribution in [3.05, 3.63) is 28.7 Å². The predicted octanol–water partition coefficient (Wildman–Crippen LogP) is 2.20. The van der Waals surface area contributed by atoms with Crippen molar-refractivity contribution < 1.29 is 19.4 Å². The van der Waals surface area contributed by atoms with Gasteiger partial charge in [-0.25, -0.2) is 4.79 Å². The van der Waals surface area contributed by atoms with Gasteiger partial charge in [-0.1, -0.05) is 22.0 Å². The Morgan fingerprint density at radius 2 is 2.05 bits per heavy atom. The molecule has 1 atom stereocenters. The Morgan fingerprint density at radius 3 is 2.58 bits per heavy atom. The summed E-state index contributed by atoms with van der Waals surface area (Å²) in [6.07, 6.45) is -0.784. The molecule has 0 aliphatic carbocycles.